The molecular weight excluding hydrogens is 483 g/mol. The molecule has 0 saturated heterocycles. The number of fused-ring (bicyclic) bond motifs is 1. The van der Waals surface area contributed by atoms with Crippen molar-refractivity contribution in [3.05, 3.63) is 102 Å². The number of carbonyl (C=O) groups is 2. The van der Waals surface area contributed by atoms with Gasteiger partial charge in [0.1, 0.15) is 18.2 Å². The Hall–Kier alpha value is -4.13. The maximum atomic E-state index is 14.7. The molecule has 1 heterocycles. The molecule has 5 rings (SSSR count). The van der Waals surface area contributed by atoms with Crippen molar-refractivity contribution in [2.24, 2.45) is 5.92 Å². The van der Waals surface area contributed by atoms with Crippen LogP contribution in [0.15, 0.2) is 79.0 Å². The van der Waals surface area contributed by atoms with E-state index in [-0.39, 0.29) is 29.7 Å². The van der Waals surface area contributed by atoms with E-state index < -0.39 is 0 Å². The predicted octanol–water partition coefficient (Wildman–Crippen LogP) is 5.87. The van der Waals surface area contributed by atoms with Gasteiger partial charge in [0.05, 0.1) is 24.1 Å². The summed E-state index contributed by atoms with van der Waals surface area (Å²) in [7, 11) is 1.40. The van der Waals surface area contributed by atoms with E-state index in [9.17, 15) is 14.0 Å². The Kier molecular flexibility index (Phi) is 7.73. The number of halogens is 1. The van der Waals surface area contributed by atoms with E-state index in [4.69, 9.17) is 9.47 Å². The van der Waals surface area contributed by atoms with E-state index >= 15 is 0 Å². The summed E-state index contributed by atoms with van der Waals surface area (Å²) in [6, 6.07) is 22.3. The van der Waals surface area contributed by atoms with Crippen molar-refractivity contribution in [2.45, 2.75) is 44.9 Å². The average Bonchev–Trinajstić information content (AvgIpc) is 3.37. The van der Waals surface area contributed by atoms with E-state index in [1.807, 2.05) is 65.4 Å². The molecule has 1 saturated carbocycles. The van der Waals surface area contributed by atoms with Crippen molar-refractivity contribution in [1.29, 1.82) is 0 Å². The first-order chi connectivity index (χ1) is 18.5. The van der Waals surface area contributed by atoms with Gasteiger partial charge in [-0.15, -0.1) is 0 Å². The Balaban J connectivity index is 1.28. The first kappa shape index (κ1) is 25.5. The largest absolute Gasteiger partial charge is 0.489 e. The van der Waals surface area contributed by atoms with Crippen molar-refractivity contribution in [2.75, 3.05) is 7.11 Å². The molecule has 3 aromatic carbocycles. The number of ether oxygens (including phenoxy) is 2. The molecule has 196 valence electrons. The zero-order chi connectivity index (χ0) is 26.5. The number of hydrogen-bond acceptors (Lipinski definition) is 4. The van der Waals surface area contributed by atoms with E-state index in [0.717, 1.165) is 16.9 Å². The second-order valence-corrected chi connectivity index (χ2v) is 9.76. The number of nitrogens with zero attached hydrogens (tertiary/aromatic N) is 1. The lowest BCUT2D eigenvalue weighted by Crippen LogP contribution is -2.39. The highest BCUT2D eigenvalue weighted by Gasteiger charge is 2.28. The lowest BCUT2D eigenvalue weighted by Gasteiger charge is -2.27. The summed E-state index contributed by atoms with van der Waals surface area (Å²) in [6.45, 7) is 0.973. The van der Waals surface area contributed by atoms with Crippen molar-refractivity contribution < 1.29 is 23.5 Å². The van der Waals surface area contributed by atoms with Gasteiger partial charge in [-0.25, -0.2) is 4.39 Å². The maximum Gasteiger partial charge on any atom is 0.308 e. The number of methoxy groups -OCH3 is 1. The van der Waals surface area contributed by atoms with Crippen LogP contribution in [0.3, 0.4) is 0 Å². The van der Waals surface area contributed by atoms with E-state index in [2.05, 4.69) is 5.32 Å². The van der Waals surface area contributed by atoms with Crippen molar-refractivity contribution >= 4 is 22.8 Å². The Bertz CT molecular complexity index is 1410. The van der Waals surface area contributed by atoms with Crippen LogP contribution in [-0.4, -0.2) is 29.6 Å². The van der Waals surface area contributed by atoms with Gasteiger partial charge in [-0.05, 0) is 67.1 Å². The second-order valence-electron chi connectivity index (χ2n) is 9.76. The summed E-state index contributed by atoms with van der Waals surface area (Å²) < 4.78 is 27.3. The van der Waals surface area contributed by atoms with Crippen LogP contribution >= 0.6 is 0 Å². The number of rotatable bonds is 8. The fourth-order valence-electron chi connectivity index (χ4n) is 5.14. The summed E-state index contributed by atoms with van der Waals surface area (Å²) in [5, 5.41) is 3.51. The lowest BCUT2D eigenvalue weighted by molar-refractivity contribution is -0.146. The lowest BCUT2D eigenvalue weighted by atomic mass is 9.86. The van der Waals surface area contributed by atoms with E-state index in [1.54, 1.807) is 12.1 Å². The highest BCUT2D eigenvalue weighted by Crippen LogP contribution is 2.28. The van der Waals surface area contributed by atoms with Gasteiger partial charge < -0.3 is 19.4 Å². The number of nitrogens with one attached hydrogen (secondary N) is 1. The summed E-state index contributed by atoms with van der Waals surface area (Å²) in [6.07, 6.45) is 4.58. The molecule has 1 N–H and O–H groups in total. The van der Waals surface area contributed by atoms with E-state index in [1.165, 1.54) is 13.2 Å². The minimum atomic E-state index is -0.362. The molecule has 0 radical (unpaired) electrons. The first-order valence-electron chi connectivity index (χ1n) is 12.9. The van der Waals surface area contributed by atoms with Gasteiger partial charge in [0.15, 0.2) is 0 Å². The molecule has 0 spiro atoms. The number of esters is 1. The van der Waals surface area contributed by atoms with Crippen LogP contribution < -0.4 is 10.1 Å². The molecular formula is C31H31FN2O4. The molecule has 1 aliphatic rings. The van der Waals surface area contributed by atoms with Crippen molar-refractivity contribution in [3.8, 4) is 5.75 Å². The first-order valence-corrected chi connectivity index (χ1v) is 12.9. The molecule has 0 unspecified atom stereocenters. The van der Waals surface area contributed by atoms with Crippen molar-refractivity contribution in [1.82, 2.24) is 9.88 Å². The van der Waals surface area contributed by atoms with Gasteiger partial charge in [-0.2, -0.15) is 0 Å². The summed E-state index contributed by atoms with van der Waals surface area (Å²) in [4.78, 5) is 25.1. The van der Waals surface area contributed by atoms with Gasteiger partial charge in [-0.1, -0.05) is 42.5 Å². The Morgan fingerprint density at radius 2 is 1.66 bits per heavy atom. The highest BCUT2D eigenvalue weighted by atomic mass is 19.1. The van der Waals surface area contributed by atoms with Crippen LogP contribution in [0.5, 0.6) is 5.75 Å². The molecule has 4 aromatic rings. The van der Waals surface area contributed by atoms with Gasteiger partial charge in [0.25, 0.3) is 5.91 Å². The Morgan fingerprint density at radius 3 is 2.37 bits per heavy atom. The third-order valence-electron chi connectivity index (χ3n) is 7.24. The molecule has 1 aliphatic carbocycles. The molecule has 1 amide bonds. The van der Waals surface area contributed by atoms with Crippen molar-refractivity contribution in [3.63, 3.8) is 0 Å². The summed E-state index contributed by atoms with van der Waals surface area (Å²) in [5.74, 6) is -0.135. The minimum absolute atomic E-state index is 0.0321. The fourth-order valence-corrected chi connectivity index (χ4v) is 5.14. The van der Waals surface area contributed by atoms with Gasteiger partial charge in [0, 0.05) is 24.2 Å². The zero-order valence-electron chi connectivity index (χ0n) is 21.4. The van der Waals surface area contributed by atoms with Crippen LogP contribution in [0.1, 0.15) is 47.2 Å². The van der Waals surface area contributed by atoms with Crippen LogP contribution in [-0.2, 0) is 22.7 Å². The molecule has 0 atom stereocenters. The fraction of sp³-hybridized carbons (Fsp3) is 0.290. The SMILES string of the molecule is COC(=O)C1CCC(NC(=O)c2ccc(F)c3ccn(Cc4ccc(OCc5ccccc5)cc4)c23)CC1. The Morgan fingerprint density at radius 1 is 0.921 bits per heavy atom. The van der Waals surface area contributed by atoms with Gasteiger partial charge in [0.2, 0.25) is 0 Å². The second kappa shape index (κ2) is 11.5. The number of hydrogen-bond donors (Lipinski definition) is 1. The molecule has 0 aliphatic heterocycles. The number of carbonyl (C=O) groups excluding carboxylic acids is 2. The summed E-state index contributed by atoms with van der Waals surface area (Å²) >= 11 is 0. The smallest absolute Gasteiger partial charge is 0.308 e. The molecule has 7 heteroatoms. The maximum absolute atomic E-state index is 14.7. The third-order valence-corrected chi connectivity index (χ3v) is 7.24. The van der Waals surface area contributed by atoms with Gasteiger partial charge in [-0.3, -0.25) is 9.59 Å². The highest BCUT2D eigenvalue weighted by molar-refractivity contribution is 6.06. The van der Waals surface area contributed by atoms with E-state index in [0.29, 0.717) is 55.3 Å². The predicted molar refractivity (Wildman–Crippen MR) is 143 cm³/mol. The number of aromatic nitrogens is 1. The topological polar surface area (TPSA) is 69.6 Å². The van der Waals surface area contributed by atoms with Gasteiger partial charge >= 0.3 is 5.97 Å². The third kappa shape index (κ3) is 5.72. The standard InChI is InChI=1S/C31H31FN2O4/c1-37-31(36)23-9-11-24(12-10-23)33-30(35)27-15-16-28(32)26-17-18-34(29(26)27)19-21-7-13-25(14-8-21)38-20-22-5-3-2-4-6-22/h2-8,13-18,23-24H,9-12,19-20H2,1H3,(H,33,35). The van der Waals surface area contributed by atoms with Crippen LogP contribution in [0.25, 0.3) is 10.9 Å². The molecule has 0 bridgehead atoms. The molecule has 1 aromatic heterocycles. The number of amides is 1. The van der Waals surface area contributed by atoms with Crippen LogP contribution in [0, 0.1) is 11.7 Å². The zero-order valence-corrected chi connectivity index (χ0v) is 21.4. The van der Waals surface area contributed by atoms with Crippen LogP contribution in [0.2, 0.25) is 0 Å². The molecule has 38 heavy (non-hydrogen) atoms. The Labute approximate surface area is 221 Å². The minimum Gasteiger partial charge on any atom is -0.489 e. The average molecular weight is 515 g/mol. The number of benzene rings is 3. The van der Waals surface area contributed by atoms with Crippen LogP contribution in [0.4, 0.5) is 4.39 Å². The molecule has 1 fully saturated rings. The summed E-state index contributed by atoms with van der Waals surface area (Å²) in [5.41, 5.74) is 3.10. The monoisotopic (exact) mass is 514 g/mol. The molecule has 6 nitrogen and oxygen atoms in total. The normalized spacial score (nSPS) is 17.2. The quantitative estimate of drug-likeness (QED) is 0.299.